The van der Waals surface area contributed by atoms with E-state index >= 15 is 0 Å². The van der Waals surface area contributed by atoms with Gasteiger partial charge in [0.05, 0.1) is 5.52 Å². The Morgan fingerprint density at radius 1 is 1.04 bits per heavy atom. The number of rotatable bonds is 2. The van der Waals surface area contributed by atoms with Gasteiger partial charge in [-0.05, 0) is 52.3 Å². The van der Waals surface area contributed by atoms with Gasteiger partial charge in [0.2, 0.25) is 0 Å². The molecular weight excluding hydrogens is 324 g/mol. The SMILES string of the molecule is Cc1cc(C)cc(-c2cc3cnccc3nc2NC(=O)NC(C)(C)C)c1. The Balaban J connectivity index is 2.11. The van der Waals surface area contributed by atoms with Gasteiger partial charge in [0.25, 0.3) is 0 Å². The van der Waals surface area contributed by atoms with Gasteiger partial charge in [-0.15, -0.1) is 0 Å². The van der Waals surface area contributed by atoms with Crippen LogP contribution in [0.2, 0.25) is 0 Å². The Kier molecular flexibility index (Phi) is 4.64. The number of hydrogen-bond acceptors (Lipinski definition) is 3. The summed E-state index contributed by atoms with van der Waals surface area (Å²) in [5.74, 6) is 0.537. The summed E-state index contributed by atoms with van der Waals surface area (Å²) in [6.45, 7) is 9.95. The molecule has 1 aromatic carbocycles. The van der Waals surface area contributed by atoms with Gasteiger partial charge in [0.1, 0.15) is 5.82 Å². The minimum absolute atomic E-state index is 0.274. The lowest BCUT2D eigenvalue weighted by Crippen LogP contribution is -2.43. The summed E-state index contributed by atoms with van der Waals surface area (Å²) in [7, 11) is 0. The molecule has 0 aliphatic rings. The zero-order chi connectivity index (χ0) is 18.9. The van der Waals surface area contributed by atoms with Gasteiger partial charge in [0.15, 0.2) is 0 Å². The number of anilines is 1. The van der Waals surface area contributed by atoms with Crippen LogP contribution >= 0.6 is 0 Å². The molecule has 3 rings (SSSR count). The zero-order valence-corrected chi connectivity index (χ0v) is 15.8. The summed E-state index contributed by atoms with van der Waals surface area (Å²) < 4.78 is 0. The Morgan fingerprint density at radius 2 is 1.73 bits per heavy atom. The topological polar surface area (TPSA) is 66.9 Å². The summed E-state index contributed by atoms with van der Waals surface area (Å²) in [4.78, 5) is 21.3. The van der Waals surface area contributed by atoms with Crippen molar-refractivity contribution >= 4 is 22.8 Å². The molecule has 2 amide bonds. The zero-order valence-electron chi connectivity index (χ0n) is 15.8. The average Bonchev–Trinajstić information content (AvgIpc) is 2.51. The number of pyridine rings is 2. The van der Waals surface area contributed by atoms with Crippen LogP contribution in [0.1, 0.15) is 31.9 Å². The molecule has 0 saturated carbocycles. The number of nitrogens with one attached hydrogen (secondary N) is 2. The van der Waals surface area contributed by atoms with E-state index in [0.717, 1.165) is 33.2 Å². The smallest absolute Gasteiger partial charge is 0.320 e. The van der Waals surface area contributed by atoms with Crippen molar-refractivity contribution in [3.8, 4) is 11.1 Å². The highest BCUT2D eigenvalue weighted by molar-refractivity contribution is 5.97. The lowest BCUT2D eigenvalue weighted by molar-refractivity contribution is 0.243. The highest BCUT2D eigenvalue weighted by atomic mass is 16.2. The first kappa shape index (κ1) is 17.9. The van der Waals surface area contributed by atoms with Crippen molar-refractivity contribution in [1.29, 1.82) is 0 Å². The molecular formula is C21H24N4O. The molecule has 0 bridgehead atoms. The number of urea groups is 1. The van der Waals surface area contributed by atoms with E-state index in [1.807, 2.05) is 32.9 Å². The van der Waals surface area contributed by atoms with Gasteiger partial charge in [-0.3, -0.25) is 10.3 Å². The number of carbonyl (C=O) groups is 1. The van der Waals surface area contributed by atoms with Crippen LogP contribution in [0.4, 0.5) is 10.6 Å². The van der Waals surface area contributed by atoms with Gasteiger partial charge in [-0.1, -0.05) is 29.3 Å². The second-order valence-electron chi connectivity index (χ2n) is 7.66. The molecule has 0 unspecified atom stereocenters. The molecule has 0 saturated heterocycles. The largest absolute Gasteiger partial charge is 0.333 e. The molecule has 0 aliphatic heterocycles. The van der Waals surface area contributed by atoms with Crippen molar-refractivity contribution in [3.05, 3.63) is 53.9 Å². The molecule has 0 radical (unpaired) electrons. The van der Waals surface area contributed by atoms with E-state index in [4.69, 9.17) is 0 Å². The van der Waals surface area contributed by atoms with Crippen molar-refractivity contribution in [3.63, 3.8) is 0 Å². The Labute approximate surface area is 153 Å². The summed E-state index contributed by atoms with van der Waals surface area (Å²) in [5.41, 5.74) is 4.69. The summed E-state index contributed by atoms with van der Waals surface area (Å²) in [6.07, 6.45) is 3.48. The molecule has 5 nitrogen and oxygen atoms in total. The number of hydrogen-bond donors (Lipinski definition) is 2. The lowest BCUT2D eigenvalue weighted by Gasteiger charge is -2.21. The second-order valence-corrected chi connectivity index (χ2v) is 7.66. The maximum atomic E-state index is 12.4. The number of fused-ring (bicyclic) bond motifs is 1. The Bertz CT molecular complexity index is 953. The van der Waals surface area contributed by atoms with Crippen molar-refractivity contribution in [2.24, 2.45) is 0 Å². The van der Waals surface area contributed by atoms with E-state index in [-0.39, 0.29) is 11.6 Å². The maximum absolute atomic E-state index is 12.4. The molecule has 2 aromatic heterocycles. The molecule has 0 atom stereocenters. The third-order valence-corrected chi connectivity index (χ3v) is 3.87. The standard InChI is InChI=1S/C21H24N4O/c1-13-8-14(2)10-15(9-13)17-11-16-12-22-7-6-18(16)23-19(17)24-20(26)25-21(3,4)5/h6-12H,1-5H3,(H2,23,24,25,26). The molecule has 0 fully saturated rings. The first-order chi connectivity index (χ1) is 12.2. The molecule has 2 heterocycles. The normalized spacial score (nSPS) is 11.4. The quantitative estimate of drug-likeness (QED) is 0.697. The van der Waals surface area contributed by atoms with Crippen molar-refractivity contribution in [1.82, 2.24) is 15.3 Å². The fourth-order valence-electron chi connectivity index (χ4n) is 2.94. The van der Waals surface area contributed by atoms with Crippen LogP contribution in [0.5, 0.6) is 0 Å². The van der Waals surface area contributed by atoms with Gasteiger partial charge < -0.3 is 5.32 Å². The van der Waals surface area contributed by atoms with E-state index < -0.39 is 0 Å². The van der Waals surface area contributed by atoms with Gasteiger partial charge >= 0.3 is 6.03 Å². The molecule has 5 heteroatoms. The van der Waals surface area contributed by atoms with E-state index in [1.54, 1.807) is 12.4 Å². The van der Waals surface area contributed by atoms with Crippen molar-refractivity contribution in [2.45, 2.75) is 40.2 Å². The molecule has 2 N–H and O–H groups in total. The molecule has 0 aliphatic carbocycles. The minimum Gasteiger partial charge on any atom is -0.333 e. The van der Waals surface area contributed by atoms with E-state index in [0.29, 0.717) is 5.82 Å². The average molecular weight is 348 g/mol. The summed E-state index contributed by atoms with van der Waals surface area (Å²) in [6, 6.07) is 9.91. The maximum Gasteiger partial charge on any atom is 0.320 e. The molecule has 0 spiro atoms. The highest BCUT2D eigenvalue weighted by Crippen LogP contribution is 2.31. The second kappa shape index (κ2) is 6.75. The van der Waals surface area contributed by atoms with E-state index in [2.05, 4.69) is 52.6 Å². The van der Waals surface area contributed by atoms with Crippen LogP contribution < -0.4 is 10.6 Å². The Morgan fingerprint density at radius 3 is 2.38 bits per heavy atom. The fraction of sp³-hybridized carbons (Fsp3) is 0.286. The number of amides is 2. The minimum atomic E-state index is -0.328. The van der Waals surface area contributed by atoms with Gasteiger partial charge in [-0.25, -0.2) is 9.78 Å². The van der Waals surface area contributed by atoms with Crippen LogP contribution in [-0.2, 0) is 0 Å². The van der Waals surface area contributed by atoms with Gasteiger partial charge in [0, 0.05) is 28.9 Å². The summed E-state index contributed by atoms with van der Waals surface area (Å²) in [5, 5.41) is 6.76. The first-order valence-electron chi connectivity index (χ1n) is 8.64. The van der Waals surface area contributed by atoms with E-state index in [9.17, 15) is 4.79 Å². The monoisotopic (exact) mass is 348 g/mol. The van der Waals surface area contributed by atoms with Crippen LogP contribution in [0.15, 0.2) is 42.7 Å². The van der Waals surface area contributed by atoms with Crippen LogP contribution in [-0.4, -0.2) is 21.5 Å². The number of aromatic nitrogens is 2. The number of aryl methyl sites for hydroxylation is 2. The third-order valence-electron chi connectivity index (χ3n) is 3.87. The number of nitrogens with zero attached hydrogens (tertiary/aromatic N) is 2. The lowest BCUT2D eigenvalue weighted by atomic mass is 10.00. The number of carbonyl (C=O) groups excluding carboxylic acids is 1. The molecule has 3 aromatic rings. The van der Waals surface area contributed by atoms with Crippen LogP contribution in [0, 0.1) is 13.8 Å². The predicted octanol–water partition coefficient (Wildman–Crippen LogP) is 4.83. The van der Waals surface area contributed by atoms with Crippen LogP contribution in [0.25, 0.3) is 22.0 Å². The number of benzene rings is 1. The molecule has 134 valence electrons. The van der Waals surface area contributed by atoms with Gasteiger partial charge in [-0.2, -0.15) is 0 Å². The Hall–Kier alpha value is -2.95. The molecule has 26 heavy (non-hydrogen) atoms. The third kappa shape index (κ3) is 4.17. The van der Waals surface area contributed by atoms with Crippen molar-refractivity contribution in [2.75, 3.05) is 5.32 Å². The first-order valence-corrected chi connectivity index (χ1v) is 8.64. The van der Waals surface area contributed by atoms with E-state index in [1.165, 1.54) is 0 Å². The predicted molar refractivity (Wildman–Crippen MR) is 106 cm³/mol. The van der Waals surface area contributed by atoms with Crippen LogP contribution in [0.3, 0.4) is 0 Å². The summed E-state index contributed by atoms with van der Waals surface area (Å²) >= 11 is 0. The van der Waals surface area contributed by atoms with Crippen molar-refractivity contribution < 1.29 is 4.79 Å². The highest BCUT2D eigenvalue weighted by Gasteiger charge is 2.17. The fourth-order valence-corrected chi connectivity index (χ4v) is 2.94.